The summed E-state index contributed by atoms with van der Waals surface area (Å²) in [4.78, 5) is 11.3. The fourth-order valence-electron chi connectivity index (χ4n) is 1.51. The van der Waals surface area contributed by atoms with Crippen molar-refractivity contribution in [3.05, 3.63) is 11.9 Å². The Morgan fingerprint density at radius 3 is 2.67 bits per heavy atom. The van der Waals surface area contributed by atoms with Gasteiger partial charge in [-0.3, -0.25) is 4.68 Å². The molecule has 5 nitrogen and oxygen atoms in total. The van der Waals surface area contributed by atoms with Crippen LogP contribution in [0.5, 0.6) is 0 Å². The van der Waals surface area contributed by atoms with Gasteiger partial charge < -0.3 is 10.5 Å². The van der Waals surface area contributed by atoms with Crippen molar-refractivity contribution in [3.8, 4) is 0 Å². The summed E-state index contributed by atoms with van der Waals surface area (Å²) in [7, 11) is 1.32. The zero-order valence-corrected chi connectivity index (χ0v) is 9.36. The highest BCUT2D eigenvalue weighted by Gasteiger charge is 2.17. The third-order valence-corrected chi connectivity index (χ3v) is 2.46. The minimum Gasteiger partial charge on any atom is -0.464 e. The maximum absolute atomic E-state index is 11.3. The van der Waals surface area contributed by atoms with Crippen LogP contribution in [0.2, 0.25) is 0 Å². The average molecular weight is 211 g/mol. The van der Waals surface area contributed by atoms with E-state index in [4.69, 9.17) is 5.73 Å². The Labute approximate surface area is 89.2 Å². The minimum atomic E-state index is -0.489. The Morgan fingerprint density at radius 1 is 1.60 bits per heavy atom. The Morgan fingerprint density at radius 2 is 2.20 bits per heavy atom. The molecule has 1 aromatic rings. The summed E-state index contributed by atoms with van der Waals surface area (Å²) in [5.74, 6) is -0.489. The quantitative estimate of drug-likeness (QED) is 0.768. The molecule has 1 heterocycles. The summed E-state index contributed by atoms with van der Waals surface area (Å²) in [6.07, 6.45) is 3.60. The van der Waals surface area contributed by atoms with E-state index in [1.165, 1.54) is 7.11 Å². The fourth-order valence-corrected chi connectivity index (χ4v) is 1.51. The number of esters is 1. The van der Waals surface area contributed by atoms with E-state index in [1.54, 1.807) is 10.9 Å². The van der Waals surface area contributed by atoms with Crippen molar-refractivity contribution >= 4 is 11.7 Å². The Bertz CT molecular complexity index is 342. The molecule has 0 saturated carbocycles. The lowest BCUT2D eigenvalue weighted by atomic mass is 10.2. The smallest absolute Gasteiger partial charge is 0.360 e. The van der Waals surface area contributed by atoms with Crippen molar-refractivity contribution in [1.29, 1.82) is 0 Å². The molecule has 0 aliphatic rings. The molecule has 5 heteroatoms. The number of rotatable bonds is 4. The normalized spacial score (nSPS) is 10.7. The molecule has 84 valence electrons. The van der Waals surface area contributed by atoms with Crippen molar-refractivity contribution in [2.75, 3.05) is 12.8 Å². The zero-order chi connectivity index (χ0) is 11.4. The van der Waals surface area contributed by atoms with Gasteiger partial charge in [-0.2, -0.15) is 5.10 Å². The zero-order valence-electron chi connectivity index (χ0n) is 9.36. The lowest BCUT2D eigenvalue weighted by molar-refractivity contribution is 0.0593. The Kier molecular flexibility index (Phi) is 3.71. The molecule has 2 N–H and O–H groups in total. The summed E-state index contributed by atoms with van der Waals surface area (Å²) >= 11 is 0. The van der Waals surface area contributed by atoms with Crippen molar-refractivity contribution in [1.82, 2.24) is 9.78 Å². The van der Waals surface area contributed by atoms with Crippen LogP contribution in [-0.2, 0) is 4.74 Å². The van der Waals surface area contributed by atoms with E-state index in [1.807, 2.05) is 0 Å². The largest absolute Gasteiger partial charge is 0.464 e. The standard InChI is InChI=1S/C10H17N3O2/c1-4-7(5-2)13-6-8(11)9(12-13)10(14)15-3/h6-7H,4-5,11H2,1-3H3. The molecular weight excluding hydrogens is 194 g/mol. The lowest BCUT2D eigenvalue weighted by Gasteiger charge is -2.11. The fraction of sp³-hybridized carbons (Fsp3) is 0.600. The van der Waals surface area contributed by atoms with Crippen LogP contribution in [0.3, 0.4) is 0 Å². The topological polar surface area (TPSA) is 70.1 Å². The predicted molar refractivity (Wildman–Crippen MR) is 57.6 cm³/mol. The molecule has 0 saturated heterocycles. The van der Waals surface area contributed by atoms with Gasteiger partial charge in [0.15, 0.2) is 5.69 Å². The van der Waals surface area contributed by atoms with Crippen LogP contribution in [0, 0.1) is 0 Å². The summed E-state index contributed by atoms with van der Waals surface area (Å²) < 4.78 is 6.32. The number of ether oxygens (including phenoxy) is 1. The van der Waals surface area contributed by atoms with E-state index in [0.717, 1.165) is 12.8 Å². The second-order valence-electron chi connectivity index (χ2n) is 3.37. The van der Waals surface area contributed by atoms with E-state index in [2.05, 4.69) is 23.7 Å². The van der Waals surface area contributed by atoms with Crippen molar-refractivity contribution in [2.24, 2.45) is 0 Å². The number of anilines is 1. The first kappa shape index (κ1) is 11.6. The third-order valence-electron chi connectivity index (χ3n) is 2.46. The van der Waals surface area contributed by atoms with Gasteiger partial charge in [0, 0.05) is 6.20 Å². The first-order chi connectivity index (χ1) is 7.13. The van der Waals surface area contributed by atoms with Crippen LogP contribution in [0.1, 0.15) is 43.2 Å². The van der Waals surface area contributed by atoms with Gasteiger partial charge in [-0.1, -0.05) is 13.8 Å². The SMILES string of the molecule is CCC(CC)n1cc(N)c(C(=O)OC)n1. The van der Waals surface area contributed by atoms with Crippen LogP contribution in [-0.4, -0.2) is 22.9 Å². The Hall–Kier alpha value is -1.52. The van der Waals surface area contributed by atoms with E-state index < -0.39 is 5.97 Å². The van der Waals surface area contributed by atoms with Crippen LogP contribution in [0.15, 0.2) is 6.20 Å². The van der Waals surface area contributed by atoms with Crippen LogP contribution < -0.4 is 5.73 Å². The van der Waals surface area contributed by atoms with E-state index in [9.17, 15) is 4.79 Å². The molecule has 0 radical (unpaired) electrons. The third kappa shape index (κ3) is 2.29. The number of nitrogens with zero attached hydrogens (tertiary/aromatic N) is 2. The molecule has 0 bridgehead atoms. The van der Waals surface area contributed by atoms with Gasteiger partial charge in [0.25, 0.3) is 0 Å². The second kappa shape index (κ2) is 4.82. The maximum atomic E-state index is 11.3. The van der Waals surface area contributed by atoms with Gasteiger partial charge in [0.1, 0.15) is 0 Å². The molecule has 0 amide bonds. The molecule has 1 rings (SSSR count). The van der Waals surface area contributed by atoms with E-state index in [-0.39, 0.29) is 11.7 Å². The lowest BCUT2D eigenvalue weighted by Crippen LogP contribution is -2.10. The molecule has 0 atom stereocenters. The van der Waals surface area contributed by atoms with Gasteiger partial charge in [-0.15, -0.1) is 0 Å². The van der Waals surface area contributed by atoms with Gasteiger partial charge in [0.2, 0.25) is 0 Å². The van der Waals surface area contributed by atoms with Gasteiger partial charge >= 0.3 is 5.97 Å². The summed E-state index contributed by atoms with van der Waals surface area (Å²) in [5, 5.41) is 4.14. The average Bonchev–Trinajstić information content (AvgIpc) is 2.61. The van der Waals surface area contributed by atoms with Crippen LogP contribution in [0.25, 0.3) is 0 Å². The predicted octanol–water partition coefficient (Wildman–Crippen LogP) is 1.61. The van der Waals surface area contributed by atoms with E-state index in [0.29, 0.717) is 5.69 Å². The van der Waals surface area contributed by atoms with Crippen molar-refractivity contribution < 1.29 is 9.53 Å². The number of hydrogen-bond donors (Lipinski definition) is 1. The van der Waals surface area contributed by atoms with Crippen molar-refractivity contribution in [2.45, 2.75) is 32.7 Å². The molecule has 0 spiro atoms. The first-order valence-electron chi connectivity index (χ1n) is 5.06. The van der Waals surface area contributed by atoms with Gasteiger partial charge in [-0.25, -0.2) is 4.79 Å². The molecule has 0 aliphatic carbocycles. The summed E-state index contributed by atoms with van der Waals surface area (Å²) in [6, 6.07) is 0.283. The number of nitrogens with two attached hydrogens (primary N) is 1. The van der Waals surface area contributed by atoms with Crippen molar-refractivity contribution in [3.63, 3.8) is 0 Å². The highest BCUT2D eigenvalue weighted by molar-refractivity contribution is 5.92. The second-order valence-corrected chi connectivity index (χ2v) is 3.37. The number of carbonyl (C=O) groups is 1. The monoisotopic (exact) mass is 211 g/mol. The maximum Gasteiger partial charge on any atom is 0.360 e. The Balaban J connectivity index is 2.99. The number of nitrogen functional groups attached to an aromatic ring is 1. The molecule has 0 aromatic carbocycles. The van der Waals surface area contributed by atoms with E-state index >= 15 is 0 Å². The number of aromatic nitrogens is 2. The molecule has 0 fully saturated rings. The van der Waals surface area contributed by atoms with Crippen LogP contribution in [0.4, 0.5) is 5.69 Å². The molecular formula is C10H17N3O2. The molecule has 0 aliphatic heterocycles. The number of hydrogen-bond acceptors (Lipinski definition) is 4. The number of carbonyl (C=O) groups excluding carboxylic acids is 1. The first-order valence-corrected chi connectivity index (χ1v) is 5.06. The molecule has 15 heavy (non-hydrogen) atoms. The minimum absolute atomic E-state index is 0.199. The number of methoxy groups -OCH3 is 1. The van der Waals surface area contributed by atoms with Gasteiger partial charge in [0.05, 0.1) is 18.8 Å². The highest BCUT2D eigenvalue weighted by Crippen LogP contribution is 2.19. The molecule has 1 aromatic heterocycles. The highest BCUT2D eigenvalue weighted by atomic mass is 16.5. The van der Waals surface area contributed by atoms with Crippen LogP contribution >= 0.6 is 0 Å². The summed E-state index contributed by atoms with van der Waals surface area (Å²) in [6.45, 7) is 4.15. The van der Waals surface area contributed by atoms with Gasteiger partial charge in [-0.05, 0) is 12.8 Å². The molecule has 0 unspecified atom stereocenters. The summed E-state index contributed by atoms with van der Waals surface area (Å²) in [5.41, 5.74) is 6.25.